The SMILES string of the molecule is CCOc1ccc(CCNS(=O)(=O)c2ccccc2OC(F)(F)F)cc1. The minimum atomic E-state index is -4.98. The summed E-state index contributed by atoms with van der Waals surface area (Å²) in [4.78, 5) is -0.566. The third-order valence-electron chi connectivity index (χ3n) is 3.30. The molecule has 1 N–H and O–H groups in total. The molecule has 26 heavy (non-hydrogen) atoms. The zero-order valence-electron chi connectivity index (χ0n) is 13.9. The van der Waals surface area contributed by atoms with Gasteiger partial charge in [0.25, 0.3) is 0 Å². The van der Waals surface area contributed by atoms with Gasteiger partial charge in [-0.2, -0.15) is 0 Å². The smallest absolute Gasteiger partial charge is 0.494 e. The average molecular weight is 389 g/mol. The summed E-state index contributed by atoms with van der Waals surface area (Å²) in [6, 6.07) is 11.7. The van der Waals surface area contributed by atoms with E-state index < -0.39 is 27.0 Å². The zero-order valence-corrected chi connectivity index (χ0v) is 14.7. The van der Waals surface area contributed by atoms with E-state index >= 15 is 0 Å². The molecule has 2 rings (SSSR count). The summed E-state index contributed by atoms with van der Waals surface area (Å²) in [5, 5.41) is 0. The van der Waals surface area contributed by atoms with Crippen molar-refractivity contribution in [3.8, 4) is 11.5 Å². The maximum Gasteiger partial charge on any atom is 0.573 e. The Morgan fingerprint density at radius 1 is 1.04 bits per heavy atom. The number of halogens is 3. The summed E-state index contributed by atoms with van der Waals surface area (Å²) in [6.07, 6.45) is -4.61. The van der Waals surface area contributed by atoms with Crippen LogP contribution >= 0.6 is 0 Å². The molecule has 0 saturated heterocycles. The van der Waals surface area contributed by atoms with Gasteiger partial charge in [-0.25, -0.2) is 13.1 Å². The van der Waals surface area contributed by atoms with E-state index in [9.17, 15) is 21.6 Å². The van der Waals surface area contributed by atoms with Crippen molar-refractivity contribution in [1.29, 1.82) is 0 Å². The van der Waals surface area contributed by atoms with Crippen molar-refractivity contribution in [3.05, 3.63) is 54.1 Å². The van der Waals surface area contributed by atoms with Crippen LogP contribution in [0.2, 0.25) is 0 Å². The highest BCUT2D eigenvalue weighted by Gasteiger charge is 2.33. The van der Waals surface area contributed by atoms with Crippen LogP contribution in [0, 0.1) is 0 Å². The molecule has 0 heterocycles. The van der Waals surface area contributed by atoms with Gasteiger partial charge in [0, 0.05) is 6.54 Å². The molecule has 0 fully saturated rings. The molecule has 0 bridgehead atoms. The molecule has 0 unspecified atom stereocenters. The summed E-state index contributed by atoms with van der Waals surface area (Å²) in [7, 11) is -4.15. The Hall–Kier alpha value is -2.26. The average Bonchev–Trinajstić information content (AvgIpc) is 2.55. The number of ether oxygens (including phenoxy) is 2. The molecule has 5 nitrogen and oxygen atoms in total. The van der Waals surface area contributed by atoms with Crippen LogP contribution in [0.4, 0.5) is 13.2 Å². The monoisotopic (exact) mass is 389 g/mol. The van der Waals surface area contributed by atoms with E-state index in [1.54, 1.807) is 24.3 Å². The summed E-state index contributed by atoms with van der Waals surface area (Å²) < 4.78 is 73.2. The van der Waals surface area contributed by atoms with Gasteiger partial charge in [0.15, 0.2) is 0 Å². The van der Waals surface area contributed by atoms with Gasteiger partial charge in [-0.3, -0.25) is 0 Å². The fourth-order valence-electron chi connectivity index (χ4n) is 2.21. The first-order valence-corrected chi connectivity index (χ1v) is 9.26. The number of hydrogen-bond acceptors (Lipinski definition) is 4. The van der Waals surface area contributed by atoms with Gasteiger partial charge in [0.05, 0.1) is 6.61 Å². The van der Waals surface area contributed by atoms with Crippen LogP contribution in [0.5, 0.6) is 11.5 Å². The molecule has 0 radical (unpaired) electrons. The van der Waals surface area contributed by atoms with Crippen LogP contribution in [0.25, 0.3) is 0 Å². The van der Waals surface area contributed by atoms with Gasteiger partial charge < -0.3 is 9.47 Å². The Bertz CT molecular complexity index is 821. The predicted molar refractivity (Wildman–Crippen MR) is 89.6 cm³/mol. The molecule has 142 valence electrons. The predicted octanol–water partition coefficient (Wildman–Crippen LogP) is 3.50. The second-order valence-electron chi connectivity index (χ2n) is 5.22. The molecule has 0 atom stereocenters. The number of para-hydroxylation sites is 1. The number of rotatable bonds is 8. The Kier molecular flexibility index (Phi) is 6.49. The summed E-state index contributed by atoms with van der Waals surface area (Å²) in [5.74, 6) is -0.0661. The lowest BCUT2D eigenvalue weighted by atomic mass is 10.1. The third-order valence-corrected chi connectivity index (χ3v) is 4.80. The number of alkyl halides is 3. The van der Waals surface area contributed by atoms with E-state index in [0.29, 0.717) is 18.8 Å². The second kappa shape index (κ2) is 8.41. The van der Waals surface area contributed by atoms with Crippen molar-refractivity contribution < 1.29 is 31.1 Å². The number of sulfonamides is 1. The maximum atomic E-state index is 12.4. The molecule has 0 amide bonds. The van der Waals surface area contributed by atoms with Crippen LogP contribution < -0.4 is 14.2 Å². The van der Waals surface area contributed by atoms with Crippen LogP contribution in [0.1, 0.15) is 12.5 Å². The van der Waals surface area contributed by atoms with Gasteiger partial charge in [-0.1, -0.05) is 24.3 Å². The topological polar surface area (TPSA) is 64.6 Å². The molecule has 0 aliphatic heterocycles. The molecular formula is C17H18F3NO4S. The Morgan fingerprint density at radius 2 is 1.69 bits per heavy atom. The van der Waals surface area contributed by atoms with Crippen molar-refractivity contribution in [2.75, 3.05) is 13.2 Å². The minimum absolute atomic E-state index is 0.0245. The van der Waals surface area contributed by atoms with Crippen molar-refractivity contribution in [2.45, 2.75) is 24.6 Å². The molecule has 0 aliphatic carbocycles. The van der Waals surface area contributed by atoms with Crippen molar-refractivity contribution in [2.24, 2.45) is 0 Å². The standard InChI is InChI=1S/C17H18F3NO4S/c1-2-24-14-9-7-13(8-10-14)11-12-21-26(22,23)16-6-4-3-5-15(16)25-17(18,19)20/h3-10,21H,2,11-12H2,1H3. The summed E-state index contributed by atoms with van der Waals surface area (Å²) >= 11 is 0. The number of benzene rings is 2. The van der Waals surface area contributed by atoms with Crippen LogP contribution in [0.3, 0.4) is 0 Å². The summed E-state index contributed by atoms with van der Waals surface area (Å²) in [6.45, 7) is 2.43. The summed E-state index contributed by atoms with van der Waals surface area (Å²) in [5.41, 5.74) is 0.857. The first-order chi connectivity index (χ1) is 12.2. The lowest BCUT2D eigenvalue weighted by Gasteiger charge is -2.14. The first kappa shape index (κ1) is 20.1. The van der Waals surface area contributed by atoms with E-state index in [4.69, 9.17) is 4.74 Å². The van der Waals surface area contributed by atoms with Crippen LogP contribution in [-0.2, 0) is 16.4 Å². The fraction of sp³-hybridized carbons (Fsp3) is 0.294. The van der Waals surface area contributed by atoms with Crippen LogP contribution in [-0.4, -0.2) is 27.9 Å². The van der Waals surface area contributed by atoms with Gasteiger partial charge in [0.1, 0.15) is 16.4 Å². The Balaban J connectivity index is 2.03. The van der Waals surface area contributed by atoms with Gasteiger partial charge in [-0.05, 0) is 43.2 Å². The number of nitrogens with one attached hydrogen (secondary N) is 1. The highest BCUT2D eigenvalue weighted by molar-refractivity contribution is 7.89. The zero-order chi connectivity index (χ0) is 19.2. The molecular weight excluding hydrogens is 371 g/mol. The molecule has 0 aliphatic rings. The lowest BCUT2D eigenvalue weighted by molar-refractivity contribution is -0.275. The van der Waals surface area contributed by atoms with Crippen molar-refractivity contribution in [3.63, 3.8) is 0 Å². The lowest BCUT2D eigenvalue weighted by Crippen LogP contribution is -2.27. The fourth-order valence-corrected chi connectivity index (χ4v) is 3.37. The molecule has 0 spiro atoms. The Morgan fingerprint density at radius 3 is 2.31 bits per heavy atom. The highest BCUT2D eigenvalue weighted by atomic mass is 32.2. The molecule has 2 aromatic rings. The quantitative estimate of drug-likeness (QED) is 0.751. The highest BCUT2D eigenvalue weighted by Crippen LogP contribution is 2.29. The third kappa shape index (κ3) is 5.92. The van der Waals surface area contributed by atoms with Crippen molar-refractivity contribution >= 4 is 10.0 Å². The van der Waals surface area contributed by atoms with Gasteiger partial charge in [0.2, 0.25) is 10.0 Å². The van der Waals surface area contributed by atoms with E-state index in [2.05, 4.69) is 9.46 Å². The molecule has 2 aromatic carbocycles. The van der Waals surface area contributed by atoms with Crippen molar-refractivity contribution in [1.82, 2.24) is 4.72 Å². The molecule has 0 saturated carbocycles. The van der Waals surface area contributed by atoms with Gasteiger partial charge in [-0.15, -0.1) is 13.2 Å². The van der Waals surface area contributed by atoms with Crippen LogP contribution in [0.15, 0.2) is 53.4 Å². The second-order valence-corrected chi connectivity index (χ2v) is 6.95. The van der Waals surface area contributed by atoms with E-state index in [0.717, 1.165) is 17.7 Å². The first-order valence-electron chi connectivity index (χ1n) is 7.77. The van der Waals surface area contributed by atoms with E-state index in [1.807, 2.05) is 6.92 Å². The van der Waals surface area contributed by atoms with Gasteiger partial charge >= 0.3 is 6.36 Å². The van der Waals surface area contributed by atoms with E-state index in [-0.39, 0.29) is 6.54 Å². The normalized spacial score (nSPS) is 12.0. The largest absolute Gasteiger partial charge is 0.573 e. The molecule has 0 aromatic heterocycles. The maximum absolute atomic E-state index is 12.4. The van der Waals surface area contributed by atoms with E-state index in [1.165, 1.54) is 12.1 Å². The Labute approximate surface area is 149 Å². The minimum Gasteiger partial charge on any atom is -0.494 e. The molecule has 9 heteroatoms. The number of hydrogen-bond donors (Lipinski definition) is 1.